The lowest BCUT2D eigenvalue weighted by Crippen LogP contribution is -2.36. The van der Waals surface area contributed by atoms with Crippen LogP contribution in [0.2, 0.25) is 0 Å². The molecule has 0 aromatic carbocycles. The number of rotatable bonds is 2. The van der Waals surface area contributed by atoms with Crippen molar-refractivity contribution in [2.75, 3.05) is 24.6 Å². The highest BCUT2D eigenvalue weighted by Gasteiger charge is 2.36. The number of anilines is 1. The highest BCUT2D eigenvalue weighted by atomic mass is 19.4. The Morgan fingerprint density at radius 3 is 2.56 bits per heavy atom. The van der Waals surface area contributed by atoms with E-state index in [4.69, 9.17) is 5.11 Å². The maximum atomic E-state index is 12.8. The molecule has 0 amide bonds. The summed E-state index contributed by atoms with van der Waals surface area (Å²) in [7, 11) is 0. The second kappa shape index (κ2) is 5.14. The number of pyridine rings is 1. The zero-order valence-corrected chi connectivity index (χ0v) is 9.82. The van der Waals surface area contributed by atoms with Crippen LogP contribution in [0.3, 0.4) is 0 Å². The van der Waals surface area contributed by atoms with Crippen LogP contribution in [0.15, 0.2) is 18.3 Å². The molecule has 6 heteroatoms. The van der Waals surface area contributed by atoms with Crippen LogP contribution in [0, 0.1) is 5.92 Å². The van der Waals surface area contributed by atoms with Crippen LogP contribution in [0.5, 0.6) is 0 Å². The average Bonchev–Trinajstić information content (AvgIpc) is 2.38. The number of halogens is 3. The van der Waals surface area contributed by atoms with Crippen molar-refractivity contribution in [2.24, 2.45) is 5.92 Å². The fourth-order valence-corrected chi connectivity index (χ4v) is 2.20. The van der Waals surface area contributed by atoms with Crippen molar-refractivity contribution in [3.8, 4) is 0 Å². The number of nitrogens with zero attached hydrogens (tertiary/aromatic N) is 2. The van der Waals surface area contributed by atoms with Gasteiger partial charge in [0, 0.05) is 25.9 Å². The van der Waals surface area contributed by atoms with Crippen molar-refractivity contribution < 1.29 is 18.3 Å². The van der Waals surface area contributed by atoms with Crippen LogP contribution in [0.1, 0.15) is 18.4 Å². The minimum absolute atomic E-state index is 0.00129. The SMILES string of the molecule is OCC1CCN(c2ncccc2C(F)(F)F)CC1. The first-order valence-electron chi connectivity index (χ1n) is 5.90. The van der Waals surface area contributed by atoms with Gasteiger partial charge in [0.15, 0.2) is 0 Å². The molecular weight excluding hydrogens is 245 g/mol. The van der Waals surface area contributed by atoms with Crippen LogP contribution >= 0.6 is 0 Å². The lowest BCUT2D eigenvalue weighted by atomic mass is 9.97. The predicted octanol–water partition coefficient (Wildman–Crippen LogP) is 2.31. The van der Waals surface area contributed by atoms with E-state index < -0.39 is 11.7 Å². The summed E-state index contributed by atoms with van der Waals surface area (Å²) in [5.74, 6) is 0.195. The van der Waals surface area contributed by atoms with Gasteiger partial charge in [0.1, 0.15) is 5.82 Å². The summed E-state index contributed by atoms with van der Waals surface area (Å²) in [5.41, 5.74) is -0.688. The van der Waals surface area contributed by atoms with Crippen molar-refractivity contribution in [3.63, 3.8) is 0 Å². The molecule has 1 aromatic heterocycles. The number of hydrogen-bond donors (Lipinski definition) is 1. The Morgan fingerprint density at radius 2 is 2.00 bits per heavy atom. The van der Waals surface area contributed by atoms with E-state index in [2.05, 4.69) is 4.98 Å². The van der Waals surface area contributed by atoms with Crippen LogP contribution in [-0.2, 0) is 6.18 Å². The Labute approximate surface area is 103 Å². The highest BCUT2D eigenvalue weighted by Crippen LogP contribution is 2.36. The third-order valence-electron chi connectivity index (χ3n) is 3.26. The molecule has 18 heavy (non-hydrogen) atoms. The van der Waals surface area contributed by atoms with Crippen molar-refractivity contribution in [2.45, 2.75) is 19.0 Å². The third kappa shape index (κ3) is 2.75. The highest BCUT2D eigenvalue weighted by molar-refractivity contribution is 5.48. The largest absolute Gasteiger partial charge is 0.419 e. The fourth-order valence-electron chi connectivity index (χ4n) is 2.20. The minimum atomic E-state index is -4.38. The normalized spacial score (nSPS) is 18.1. The van der Waals surface area contributed by atoms with Gasteiger partial charge in [-0.25, -0.2) is 4.98 Å². The van der Waals surface area contributed by atoms with Gasteiger partial charge in [-0.3, -0.25) is 0 Å². The number of alkyl halides is 3. The lowest BCUT2D eigenvalue weighted by Gasteiger charge is -2.33. The zero-order chi connectivity index (χ0) is 13.2. The predicted molar refractivity (Wildman–Crippen MR) is 61.3 cm³/mol. The number of piperidine rings is 1. The quantitative estimate of drug-likeness (QED) is 0.886. The molecule has 100 valence electrons. The van der Waals surface area contributed by atoms with Crippen molar-refractivity contribution in [3.05, 3.63) is 23.9 Å². The zero-order valence-electron chi connectivity index (χ0n) is 9.82. The maximum absolute atomic E-state index is 12.8. The van der Waals surface area contributed by atoms with Crippen molar-refractivity contribution in [1.82, 2.24) is 4.98 Å². The Balaban J connectivity index is 2.19. The standard InChI is InChI=1S/C12H15F3N2O/c13-12(14,15)10-2-1-5-16-11(10)17-6-3-9(8-18)4-7-17/h1-2,5,9,18H,3-4,6-8H2. The molecule has 1 saturated heterocycles. The van der Waals surface area contributed by atoms with Gasteiger partial charge in [-0.15, -0.1) is 0 Å². The molecule has 2 heterocycles. The summed E-state index contributed by atoms with van der Waals surface area (Å²) in [6.45, 7) is 1.11. The second-order valence-electron chi connectivity index (χ2n) is 4.49. The summed E-state index contributed by atoms with van der Waals surface area (Å²) < 4.78 is 38.5. The Kier molecular flexibility index (Phi) is 3.75. The molecule has 0 atom stereocenters. The van der Waals surface area contributed by atoms with E-state index in [0.717, 1.165) is 6.07 Å². The third-order valence-corrected chi connectivity index (χ3v) is 3.26. The molecule has 1 aromatic rings. The van der Waals surface area contributed by atoms with Gasteiger partial charge in [-0.2, -0.15) is 13.2 Å². The summed E-state index contributed by atoms with van der Waals surface area (Å²) in [6.07, 6.45) is -1.60. The summed E-state index contributed by atoms with van der Waals surface area (Å²) in [6, 6.07) is 2.35. The average molecular weight is 260 g/mol. The molecule has 1 aliphatic rings. The van der Waals surface area contributed by atoms with E-state index in [-0.39, 0.29) is 18.3 Å². The first kappa shape index (κ1) is 13.1. The number of aromatic nitrogens is 1. The van der Waals surface area contributed by atoms with Gasteiger partial charge in [0.05, 0.1) is 5.56 Å². The van der Waals surface area contributed by atoms with E-state index in [9.17, 15) is 13.2 Å². The molecule has 1 fully saturated rings. The Bertz CT molecular complexity index is 401. The van der Waals surface area contributed by atoms with Crippen LogP contribution in [-0.4, -0.2) is 29.8 Å². The van der Waals surface area contributed by atoms with Crippen molar-refractivity contribution in [1.29, 1.82) is 0 Å². The molecule has 0 aliphatic carbocycles. The first-order valence-corrected chi connectivity index (χ1v) is 5.90. The first-order chi connectivity index (χ1) is 8.52. The van der Waals surface area contributed by atoms with Crippen LogP contribution in [0.25, 0.3) is 0 Å². The number of aliphatic hydroxyl groups is 1. The van der Waals surface area contributed by atoms with E-state index >= 15 is 0 Å². The van der Waals surface area contributed by atoms with Gasteiger partial charge < -0.3 is 10.0 Å². The second-order valence-corrected chi connectivity index (χ2v) is 4.49. The van der Waals surface area contributed by atoms with E-state index in [0.29, 0.717) is 25.9 Å². The molecule has 0 radical (unpaired) electrons. The molecule has 3 nitrogen and oxygen atoms in total. The van der Waals surface area contributed by atoms with Crippen LogP contribution in [0.4, 0.5) is 19.0 Å². The monoisotopic (exact) mass is 260 g/mol. The Morgan fingerprint density at radius 1 is 1.33 bits per heavy atom. The maximum Gasteiger partial charge on any atom is 0.419 e. The molecular formula is C12H15F3N2O. The van der Waals surface area contributed by atoms with Crippen LogP contribution < -0.4 is 4.90 Å². The fraction of sp³-hybridized carbons (Fsp3) is 0.583. The summed E-state index contributed by atoms with van der Waals surface area (Å²) in [5, 5.41) is 9.02. The molecule has 2 rings (SSSR count). The van der Waals surface area contributed by atoms with E-state index in [1.807, 2.05) is 0 Å². The van der Waals surface area contributed by atoms with Gasteiger partial charge >= 0.3 is 6.18 Å². The molecule has 0 bridgehead atoms. The Hall–Kier alpha value is -1.30. The molecule has 0 saturated carbocycles. The molecule has 0 unspecified atom stereocenters. The van der Waals surface area contributed by atoms with Gasteiger partial charge in [0.2, 0.25) is 0 Å². The van der Waals surface area contributed by atoms with Gasteiger partial charge in [0.25, 0.3) is 0 Å². The number of aliphatic hydroxyl groups excluding tert-OH is 1. The number of hydrogen-bond acceptors (Lipinski definition) is 3. The summed E-state index contributed by atoms with van der Waals surface area (Å²) >= 11 is 0. The van der Waals surface area contributed by atoms with Gasteiger partial charge in [-0.05, 0) is 30.9 Å². The van der Waals surface area contributed by atoms with E-state index in [1.165, 1.54) is 12.3 Å². The van der Waals surface area contributed by atoms with E-state index in [1.54, 1.807) is 4.90 Å². The molecule has 1 aliphatic heterocycles. The molecule has 1 N–H and O–H groups in total. The molecule has 0 spiro atoms. The van der Waals surface area contributed by atoms with Crippen molar-refractivity contribution >= 4 is 5.82 Å². The summed E-state index contributed by atoms with van der Waals surface area (Å²) in [4.78, 5) is 5.51. The van der Waals surface area contributed by atoms with Gasteiger partial charge in [-0.1, -0.05) is 0 Å². The minimum Gasteiger partial charge on any atom is -0.396 e. The smallest absolute Gasteiger partial charge is 0.396 e. The lowest BCUT2D eigenvalue weighted by molar-refractivity contribution is -0.137. The topological polar surface area (TPSA) is 36.4 Å².